The number of hydrazine groups is 1. The highest BCUT2D eigenvalue weighted by Crippen LogP contribution is 2.24. The molecule has 2 amide bonds. The Balaban J connectivity index is 1.69. The quantitative estimate of drug-likeness (QED) is 0.344. The normalized spacial score (nSPS) is 28.4. The summed E-state index contributed by atoms with van der Waals surface area (Å²) in [5.41, 5.74) is 7.36. The standard InChI is InChI=1S/C13H24N4O3/c14-12(18)7-9-3-5-17(6-4-9)8-10-1-2-11(20-10)13(19)16-15/h9-11H,1-8,15H2,(H2,14,18)(H,16,19). The first-order chi connectivity index (χ1) is 9.58. The molecule has 2 aliphatic heterocycles. The number of carbonyl (C=O) groups is 2. The molecule has 2 unspecified atom stereocenters. The van der Waals surface area contributed by atoms with E-state index in [2.05, 4.69) is 10.3 Å². The van der Waals surface area contributed by atoms with E-state index in [0.717, 1.165) is 45.3 Å². The van der Waals surface area contributed by atoms with Crippen molar-refractivity contribution in [2.45, 2.75) is 44.3 Å². The van der Waals surface area contributed by atoms with Crippen molar-refractivity contribution in [1.82, 2.24) is 10.3 Å². The smallest absolute Gasteiger partial charge is 0.263 e. The molecule has 7 nitrogen and oxygen atoms in total. The summed E-state index contributed by atoms with van der Waals surface area (Å²) in [5, 5.41) is 0. The largest absolute Gasteiger partial charge is 0.370 e. The van der Waals surface area contributed by atoms with E-state index in [1.54, 1.807) is 0 Å². The molecular formula is C13H24N4O3. The van der Waals surface area contributed by atoms with Gasteiger partial charge in [0.05, 0.1) is 6.10 Å². The Labute approximate surface area is 119 Å². The molecule has 7 heteroatoms. The van der Waals surface area contributed by atoms with E-state index in [1.807, 2.05) is 0 Å². The first-order valence-electron chi connectivity index (χ1n) is 7.25. The van der Waals surface area contributed by atoms with Gasteiger partial charge in [-0.05, 0) is 44.7 Å². The van der Waals surface area contributed by atoms with Crippen molar-refractivity contribution in [1.29, 1.82) is 0 Å². The maximum Gasteiger partial charge on any atom is 0.263 e. The number of nitrogens with one attached hydrogen (secondary N) is 1. The van der Waals surface area contributed by atoms with Crippen LogP contribution in [-0.4, -0.2) is 48.6 Å². The molecule has 0 aliphatic carbocycles. The van der Waals surface area contributed by atoms with Gasteiger partial charge in [0.2, 0.25) is 5.91 Å². The second-order valence-corrected chi connectivity index (χ2v) is 5.75. The second-order valence-electron chi connectivity index (χ2n) is 5.75. The molecule has 0 saturated carbocycles. The summed E-state index contributed by atoms with van der Waals surface area (Å²) in [6.45, 7) is 2.77. The van der Waals surface area contributed by atoms with Gasteiger partial charge in [-0.25, -0.2) is 5.84 Å². The van der Waals surface area contributed by atoms with Crippen molar-refractivity contribution < 1.29 is 14.3 Å². The Kier molecular flexibility index (Phi) is 5.33. The zero-order valence-electron chi connectivity index (χ0n) is 11.7. The van der Waals surface area contributed by atoms with Crippen molar-refractivity contribution in [3.63, 3.8) is 0 Å². The van der Waals surface area contributed by atoms with Crippen LogP contribution in [0.1, 0.15) is 32.1 Å². The third-order valence-corrected chi connectivity index (χ3v) is 4.20. The Hall–Kier alpha value is -1.18. The summed E-state index contributed by atoms with van der Waals surface area (Å²) in [5.74, 6) is 5.08. The van der Waals surface area contributed by atoms with Gasteiger partial charge in [0.25, 0.3) is 5.91 Å². The molecule has 2 saturated heterocycles. The maximum absolute atomic E-state index is 11.4. The van der Waals surface area contributed by atoms with E-state index < -0.39 is 6.10 Å². The molecule has 0 aromatic carbocycles. The summed E-state index contributed by atoms with van der Waals surface area (Å²) >= 11 is 0. The minimum Gasteiger partial charge on any atom is -0.370 e. The molecule has 0 aromatic rings. The van der Waals surface area contributed by atoms with Gasteiger partial charge in [-0.3, -0.25) is 15.0 Å². The zero-order valence-corrected chi connectivity index (χ0v) is 11.7. The summed E-state index contributed by atoms with van der Waals surface area (Å²) in [4.78, 5) is 24.6. The molecule has 2 atom stereocenters. The average molecular weight is 284 g/mol. The van der Waals surface area contributed by atoms with Crippen LogP contribution in [0.15, 0.2) is 0 Å². The minimum absolute atomic E-state index is 0.102. The van der Waals surface area contributed by atoms with Crippen LogP contribution < -0.4 is 17.0 Å². The van der Waals surface area contributed by atoms with Gasteiger partial charge in [-0.15, -0.1) is 0 Å². The van der Waals surface area contributed by atoms with Crippen LogP contribution in [0.2, 0.25) is 0 Å². The van der Waals surface area contributed by atoms with Gasteiger partial charge >= 0.3 is 0 Å². The lowest BCUT2D eigenvalue weighted by Gasteiger charge is -2.32. The molecule has 2 heterocycles. The number of hydrogen-bond acceptors (Lipinski definition) is 5. The third kappa shape index (κ3) is 4.16. The number of rotatable bonds is 5. The van der Waals surface area contributed by atoms with E-state index in [1.165, 1.54) is 0 Å². The summed E-state index contributed by atoms with van der Waals surface area (Å²) in [7, 11) is 0. The van der Waals surface area contributed by atoms with E-state index in [-0.39, 0.29) is 17.9 Å². The molecule has 0 radical (unpaired) electrons. The Morgan fingerprint density at radius 1 is 1.20 bits per heavy atom. The first kappa shape index (κ1) is 15.2. The SMILES string of the molecule is NNC(=O)C1CCC(CN2CCC(CC(N)=O)CC2)O1. The molecule has 2 fully saturated rings. The van der Waals surface area contributed by atoms with E-state index >= 15 is 0 Å². The predicted molar refractivity (Wildman–Crippen MR) is 73.2 cm³/mol. The molecule has 114 valence electrons. The van der Waals surface area contributed by atoms with Crippen molar-refractivity contribution in [3.05, 3.63) is 0 Å². The Morgan fingerprint density at radius 3 is 2.50 bits per heavy atom. The van der Waals surface area contributed by atoms with Crippen molar-refractivity contribution in [2.75, 3.05) is 19.6 Å². The highest BCUT2D eigenvalue weighted by atomic mass is 16.5. The van der Waals surface area contributed by atoms with Crippen LogP contribution in [0.3, 0.4) is 0 Å². The van der Waals surface area contributed by atoms with Crippen molar-refractivity contribution >= 4 is 11.8 Å². The number of nitrogens with zero attached hydrogens (tertiary/aromatic N) is 1. The maximum atomic E-state index is 11.4. The summed E-state index contributed by atoms with van der Waals surface area (Å²) in [6, 6.07) is 0. The van der Waals surface area contributed by atoms with E-state index in [4.69, 9.17) is 16.3 Å². The van der Waals surface area contributed by atoms with E-state index in [0.29, 0.717) is 12.3 Å². The van der Waals surface area contributed by atoms with Gasteiger partial charge in [-0.1, -0.05) is 0 Å². The second kappa shape index (κ2) is 7.01. The van der Waals surface area contributed by atoms with Crippen LogP contribution in [0.4, 0.5) is 0 Å². The number of carbonyl (C=O) groups excluding carboxylic acids is 2. The van der Waals surface area contributed by atoms with Gasteiger partial charge in [0, 0.05) is 13.0 Å². The molecule has 20 heavy (non-hydrogen) atoms. The zero-order chi connectivity index (χ0) is 14.5. The molecule has 2 aliphatic rings. The lowest BCUT2D eigenvalue weighted by Crippen LogP contribution is -2.41. The Bertz CT molecular complexity index is 356. The number of piperidine rings is 1. The van der Waals surface area contributed by atoms with Gasteiger partial charge in [0.1, 0.15) is 6.10 Å². The lowest BCUT2D eigenvalue weighted by molar-refractivity contribution is -0.132. The fraction of sp³-hybridized carbons (Fsp3) is 0.846. The number of amides is 2. The van der Waals surface area contributed by atoms with Crippen molar-refractivity contribution in [2.24, 2.45) is 17.5 Å². The summed E-state index contributed by atoms with van der Waals surface area (Å²) in [6.07, 6.45) is 3.81. The third-order valence-electron chi connectivity index (χ3n) is 4.20. The number of ether oxygens (including phenoxy) is 1. The molecule has 0 aromatic heterocycles. The predicted octanol–water partition coefficient (Wildman–Crippen LogP) is -0.889. The van der Waals surface area contributed by atoms with Gasteiger partial charge in [0.15, 0.2) is 0 Å². The van der Waals surface area contributed by atoms with E-state index in [9.17, 15) is 9.59 Å². The Morgan fingerprint density at radius 2 is 1.90 bits per heavy atom. The number of likely N-dealkylation sites (tertiary alicyclic amines) is 1. The average Bonchev–Trinajstić information content (AvgIpc) is 2.88. The molecule has 2 rings (SSSR count). The number of hydrogen-bond donors (Lipinski definition) is 3. The molecular weight excluding hydrogens is 260 g/mol. The minimum atomic E-state index is -0.405. The molecule has 0 spiro atoms. The lowest BCUT2D eigenvalue weighted by atomic mass is 9.93. The highest BCUT2D eigenvalue weighted by molar-refractivity contribution is 5.80. The van der Waals surface area contributed by atoms with Crippen molar-refractivity contribution in [3.8, 4) is 0 Å². The monoisotopic (exact) mass is 284 g/mol. The van der Waals surface area contributed by atoms with Gasteiger partial charge in [-0.2, -0.15) is 0 Å². The summed E-state index contributed by atoms with van der Waals surface area (Å²) < 4.78 is 5.70. The molecule has 0 bridgehead atoms. The molecule has 5 N–H and O–H groups in total. The van der Waals surface area contributed by atoms with Crippen LogP contribution in [-0.2, 0) is 14.3 Å². The first-order valence-corrected chi connectivity index (χ1v) is 7.25. The van der Waals surface area contributed by atoms with Crippen LogP contribution >= 0.6 is 0 Å². The topological polar surface area (TPSA) is 111 Å². The van der Waals surface area contributed by atoms with Gasteiger partial charge < -0.3 is 15.4 Å². The number of nitrogens with two attached hydrogens (primary N) is 2. The fourth-order valence-corrected chi connectivity index (χ4v) is 3.07. The van der Waals surface area contributed by atoms with Crippen LogP contribution in [0, 0.1) is 5.92 Å². The highest BCUT2D eigenvalue weighted by Gasteiger charge is 2.32. The number of primary amides is 1. The van der Waals surface area contributed by atoms with Crippen LogP contribution in [0.5, 0.6) is 0 Å². The van der Waals surface area contributed by atoms with Crippen LogP contribution in [0.25, 0.3) is 0 Å². The fourth-order valence-electron chi connectivity index (χ4n) is 3.07.